The number of benzene rings is 10. The van der Waals surface area contributed by atoms with Crippen molar-refractivity contribution in [3.8, 4) is 56.2 Å². The summed E-state index contributed by atoms with van der Waals surface area (Å²) in [5.74, 6) is 0. The summed E-state index contributed by atoms with van der Waals surface area (Å²) in [6.07, 6.45) is 10.8. The first kappa shape index (κ1) is 56.0. The Balaban J connectivity index is 0.000000111. The van der Waals surface area contributed by atoms with Crippen molar-refractivity contribution in [2.45, 2.75) is 34.6 Å². The van der Waals surface area contributed by atoms with E-state index >= 15 is 0 Å². The second-order valence-corrected chi connectivity index (χ2v) is 20.9. The Morgan fingerprint density at radius 1 is 0.247 bits per heavy atom. The van der Waals surface area contributed by atoms with Crippen LogP contribution in [0.4, 0.5) is 0 Å². The Hall–Kier alpha value is -10.9. The van der Waals surface area contributed by atoms with Gasteiger partial charge in [-0.05, 0) is 148 Å². The number of hydrogen-bond acceptors (Lipinski definition) is 7. The molecule has 0 amide bonds. The Kier molecular flexibility index (Phi) is 17.7. The van der Waals surface area contributed by atoms with Crippen LogP contribution in [0.2, 0.25) is 0 Å². The lowest BCUT2D eigenvalue weighted by Crippen LogP contribution is -1.91. The van der Waals surface area contributed by atoms with Gasteiger partial charge in [-0.2, -0.15) is 0 Å². The lowest BCUT2D eigenvalue weighted by Gasteiger charge is -2.07. The number of nitrogens with zero attached hydrogens (tertiary/aromatic N) is 7. The topological polar surface area (TPSA) is 90.2 Å². The Labute approximate surface area is 497 Å². The molecule has 0 saturated heterocycles. The largest absolute Gasteiger partial charge is 0.261 e. The van der Waals surface area contributed by atoms with Gasteiger partial charge in [0.1, 0.15) is 6.33 Å². The van der Waals surface area contributed by atoms with Crippen molar-refractivity contribution in [2.75, 3.05) is 0 Å². The smallest absolute Gasteiger partial charge is 0.116 e. The second-order valence-electron chi connectivity index (χ2n) is 20.9. The average Bonchev–Trinajstić information content (AvgIpc) is 3.72. The molecular weight excluding hydrogens is 1030 g/mol. The molecule has 5 heterocycles. The zero-order chi connectivity index (χ0) is 58.3. The van der Waals surface area contributed by atoms with Gasteiger partial charge in [-0.25, -0.2) is 9.97 Å². The van der Waals surface area contributed by atoms with Crippen molar-refractivity contribution >= 4 is 53.9 Å². The molecule has 0 N–H and O–H groups in total. The molecule has 0 atom stereocenters. The van der Waals surface area contributed by atoms with Crippen LogP contribution in [0.5, 0.6) is 0 Å². The van der Waals surface area contributed by atoms with Gasteiger partial charge in [0.25, 0.3) is 0 Å². The first-order valence-corrected chi connectivity index (χ1v) is 28.5. The monoisotopic (exact) mass is 1100 g/mol. The van der Waals surface area contributed by atoms with Crippen molar-refractivity contribution in [2.24, 2.45) is 0 Å². The summed E-state index contributed by atoms with van der Waals surface area (Å²) in [6, 6.07) is 88.3. The Morgan fingerprint density at radius 3 is 1.31 bits per heavy atom. The highest BCUT2D eigenvalue weighted by Crippen LogP contribution is 2.31. The molecular formula is C78H63N7. The van der Waals surface area contributed by atoms with Gasteiger partial charge in [0.05, 0.1) is 28.5 Å². The van der Waals surface area contributed by atoms with Gasteiger partial charge in [-0.3, -0.25) is 24.9 Å². The number of fused-ring (bicyclic) bond motifs is 5. The van der Waals surface area contributed by atoms with E-state index in [-0.39, 0.29) is 0 Å². The molecule has 15 aromatic rings. The molecule has 0 aliphatic rings. The van der Waals surface area contributed by atoms with Gasteiger partial charge < -0.3 is 0 Å². The molecule has 0 fully saturated rings. The van der Waals surface area contributed by atoms with Crippen LogP contribution in [-0.4, -0.2) is 34.9 Å². The predicted molar refractivity (Wildman–Crippen MR) is 355 cm³/mol. The van der Waals surface area contributed by atoms with E-state index in [1.54, 1.807) is 18.7 Å². The summed E-state index contributed by atoms with van der Waals surface area (Å²) in [5.41, 5.74) is 16.5. The highest BCUT2D eigenvalue weighted by atomic mass is 14.8. The molecule has 0 radical (unpaired) electrons. The third-order valence-electron chi connectivity index (χ3n) is 14.7. The zero-order valence-electron chi connectivity index (χ0n) is 48.3. The minimum Gasteiger partial charge on any atom is -0.261 e. The number of hydrogen-bond donors (Lipinski definition) is 0. The highest BCUT2D eigenvalue weighted by molar-refractivity contribution is 5.98. The molecule has 5 aromatic heterocycles. The van der Waals surface area contributed by atoms with Crippen molar-refractivity contribution < 1.29 is 0 Å². The van der Waals surface area contributed by atoms with Crippen molar-refractivity contribution in [1.82, 2.24) is 34.9 Å². The molecule has 0 aliphatic heterocycles. The lowest BCUT2D eigenvalue weighted by atomic mass is 10.0. The van der Waals surface area contributed by atoms with Gasteiger partial charge in [-0.15, -0.1) is 0 Å². The molecule has 0 bridgehead atoms. The van der Waals surface area contributed by atoms with E-state index in [9.17, 15) is 0 Å². The Morgan fingerprint density at radius 2 is 0.753 bits per heavy atom. The minimum atomic E-state index is 0.962. The van der Waals surface area contributed by atoms with Gasteiger partial charge in [-0.1, -0.05) is 212 Å². The van der Waals surface area contributed by atoms with Crippen LogP contribution >= 0.6 is 0 Å². The van der Waals surface area contributed by atoms with Crippen molar-refractivity contribution in [3.05, 3.63) is 320 Å². The van der Waals surface area contributed by atoms with Gasteiger partial charge in [0.2, 0.25) is 0 Å². The number of aromatic nitrogens is 7. The van der Waals surface area contributed by atoms with Crippen LogP contribution in [0, 0.1) is 34.6 Å². The summed E-state index contributed by atoms with van der Waals surface area (Å²) >= 11 is 0. The SMILES string of the molecule is Cc1cc(-c2cccc3ccccc23)ncn1.Cc1ccc(-c2ccc3ccccc3c2)cn1.Cc1ccc(-c2ccc3ccccc3c2)nc1.Cc1ccnc(-c2cccc3ccccc23)c1.Cc1nccnc1-c1cccc2ccccc12. The molecule has 7 nitrogen and oxygen atoms in total. The number of pyridine rings is 3. The van der Waals surface area contributed by atoms with E-state index in [0.717, 1.165) is 51.0 Å². The van der Waals surface area contributed by atoms with Crippen LogP contribution in [0.3, 0.4) is 0 Å². The lowest BCUT2D eigenvalue weighted by molar-refractivity contribution is 1.11. The van der Waals surface area contributed by atoms with Crippen molar-refractivity contribution in [3.63, 3.8) is 0 Å². The van der Waals surface area contributed by atoms with E-state index in [1.807, 2.05) is 57.6 Å². The molecule has 7 heteroatoms. The highest BCUT2D eigenvalue weighted by Gasteiger charge is 2.09. The zero-order valence-corrected chi connectivity index (χ0v) is 48.3. The molecule has 410 valence electrons. The predicted octanol–water partition coefficient (Wildman–Crippen LogP) is 19.8. The standard InChI is InChI=1S/3C16H13N.2C15H12N2/c1-12-9-10-17-16(11-12)15-8-4-6-13-5-2-3-7-14(13)15;1-12-6-9-16(17-11-12)15-8-7-13-4-2-3-5-14(13)10-15;1-12-6-7-16(11-17-12)15-9-8-13-4-2-3-5-14(13)10-15;1-11-9-15(17-10-16-11)14-8-4-6-12-5-2-3-7-13(12)14;1-11-15(17-10-9-16-11)14-8-4-6-12-5-2-3-7-13(12)14/h3*2-11H,1H3;2*2-10H,1H3. The van der Waals surface area contributed by atoms with E-state index in [4.69, 9.17) is 0 Å². The summed E-state index contributed by atoms with van der Waals surface area (Å²) in [6.45, 7) is 10.1. The molecule has 0 unspecified atom stereocenters. The quantitative estimate of drug-likeness (QED) is 0.170. The molecule has 0 aliphatic carbocycles. The van der Waals surface area contributed by atoms with E-state index in [1.165, 1.54) is 87.2 Å². The van der Waals surface area contributed by atoms with E-state index in [0.29, 0.717) is 0 Å². The van der Waals surface area contributed by atoms with Gasteiger partial charge in [0, 0.05) is 70.2 Å². The van der Waals surface area contributed by atoms with E-state index in [2.05, 4.69) is 285 Å². The maximum Gasteiger partial charge on any atom is 0.116 e. The third-order valence-corrected chi connectivity index (χ3v) is 14.7. The molecule has 15 rings (SSSR count). The third kappa shape index (κ3) is 13.9. The fourth-order valence-electron chi connectivity index (χ4n) is 10.3. The van der Waals surface area contributed by atoms with Crippen LogP contribution in [0.1, 0.15) is 28.2 Å². The van der Waals surface area contributed by atoms with E-state index < -0.39 is 0 Å². The van der Waals surface area contributed by atoms with Gasteiger partial charge in [0.15, 0.2) is 0 Å². The van der Waals surface area contributed by atoms with Crippen LogP contribution in [-0.2, 0) is 0 Å². The normalized spacial score (nSPS) is 10.6. The maximum absolute atomic E-state index is 4.46. The molecule has 0 saturated carbocycles. The first-order chi connectivity index (χ1) is 41.7. The fraction of sp³-hybridized carbons (Fsp3) is 0.0641. The van der Waals surface area contributed by atoms with Crippen LogP contribution in [0.15, 0.2) is 292 Å². The maximum atomic E-state index is 4.46. The van der Waals surface area contributed by atoms with Crippen LogP contribution < -0.4 is 0 Å². The number of rotatable bonds is 5. The molecule has 0 spiro atoms. The van der Waals surface area contributed by atoms with Gasteiger partial charge >= 0.3 is 0 Å². The average molecular weight is 1100 g/mol. The minimum absolute atomic E-state index is 0.962. The second kappa shape index (κ2) is 26.8. The summed E-state index contributed by atoms with van der Waals surface area (Å²) < 4.78 is 0. The Bertz CT molecular complexity index is 4470. The fourth-order valence-corrected chi connectivity index (χ4v) is 10.3. The van der Waals surface area contributed by atoms with Crippen molar-refractivity contribution in [1.29, 1.82) is 0 Å². The summed E-state index contributed by atoms with van der Waals surface area (Å²) in [5, 5.41) is 12.5. The summed E-state index contributed by atoms with van der Waals surface area (Å²) in [7, 11) is 0. The van der Waals surface area contributed by atoms with Crippen LogP contribution in [0.25, 0.3) is 110 Å². The summed E-state index contributed by atoms with van der Waals surface area (Å²) in [4.78, 5) is 30.5. The molecule has 85 heavy (non-hydrogen) atoms. The number of aryl methyl sites for hydroxylation is 5. The first-order valence-electron chi connectivity index (χ1n) is 28.5. The molecule has 10 aromatic carbocycles.